The van der Waals surface area contributed by atoms with E-state index >= 15 is 0 Å². The predicted octanol–water partition coefficient (Wildman–Crippen LogP) is 4.46. The Morgan fingerprint density at radius 2 is 1.91 bits per heavy atom. The van der Waals surface area contributed by atoms with Crippen LogP contribution in [0.15, 0.2) is 48.5 Å². The fraction of sp³-hybridized carbons (Fsp3) is 0.400. The third-order valence-electron chi connectivity index (χ3n) is 6.10. The summed E-state index contributed by atoms with van der Waals surface area (Å²) >= 11 is 5.36. The van der Waals surface area contributed by atoms with Crippen LogP contribution >= 0.6 is 12.2 Å². The van der Waals surface area contributed by atoms with Crippen molar-refractivity contribution < 1.29 is 4.79 Å². The number of aromatic amines is 1. The van der Waals surface area contributed by atoms with Crippen molar-refractivity contribution in [2.24, 2.45) is 5.92 Å². The predicted molar refractivity (Wildman–Crippen MR) is 130 cm³/mol. The van der Waals surface area contributed by atoms with Gasteiger partial charge in [0.2, 0.25) is 5.91 Å². The van der Waals surface area contributed by atoms with Gasteiger partial charge in [0.05, 0.1) is 0 Å². The highest BCUT2D eigenvalue weighted by Crippen LogP contribution is 2.19. The fourth-order valence-corrected chi connectivity index (χ4v) is 4.38. The number of amides is 1. The molecule has 6 nitrogen and oxygen atoms in total. The Hall–Kier alpha value is -2.77. The summed E-state index contributed by atoms with van der Waals surface area (Å²) in [6.45, 7) is 8.29. The van der Waals surface area contributed by atoms with Gasteiger partial charge in [-0.1, -0.05) is 55.0 Å². The van der Waals surface area contributed by atoms with E-state index in [0.29, 0.717) is 17.1 Å². The summed E-state index contributed by atoms with van der Waals surface area (Å²) in [6.07, 6.45) is 2.55. The van der Waals surface area contributed by atoms with Crippen molar-refractivity contribution in [1.29, 1.82) is 0 Å². The highest BCUT2D eigenvalue weighted by molar-refractivity contribution is 7.71. The lowest BCUT2D eigenvalue weighted by molar-refractivity contribution is -0.121. The van der Waals surface area contributed by atoms with Gasteiger partial charge in [-0.25, -0.2) is 0 Å². The van der Waals surface area contributed by atoms with Gasteiger partial charge >= 0.3 is 0 Å². The van der Waals surface area contributed by atoms with Crippen LogP contribution in [0.3, 0.4) is 0 Å². The molecule has 1 saturated heterocycles. The largest absolute Gasteiger partial charge is 0.350 e. The van der Waals surface area contributed by atoms with E-state index in [-0.39, 0.29) is 12.5 Å². The van der Waals surface area contributed by atoms with E-state index < -0.39 is 0 Å². The van der Waals surface area contributed by atoms with Crippen LogP contribution in [0.4, 0.5) is 0 Å². The van der Waals surface area contributed by atoms with Crippen molar-refractivity contribution in [1.82, 2.24) is 25.0 Å². The van der Waals surface area contributed by atoms with E-state index in [1.54, 1.807) is 4.57 Å². The van der Waals surface area contributed by atoms with E-state index in [1.165, 1.54) is 18.4 Å². The number of benzene rings is 2. The molecule has 2 aromatic carbocycles. The second-order valence-electron chi connectivity index (χ2n) is 8.86. The van der Waals surface area contributed by atoms with Crippen molar-refractivity contribution in [2.75, 3.05) is 13.1 Å². The molecule has 1 aliphatic heterocycles. The molecule has 4 rings (SSSR count). The number of carbonyl (C=O) groups is 1. The molecule has 1 amide bonds. The third kappa shape index (κ3) is 5.72. The molecular weight excluding hydrogens is 418 g/mol. The second-order valence-corrected chi connectivity index (χ2v) is 9.25. The smallest absolute Gasteiger partial charge is 0.240 e. The van der Waals surface area contributed by atoms with E-state index in [4.69, 9.17) is 12.2 Å². The molecular formula is C25H31N5OS. The normalized spacial score (nSPS) is 15.1. The zero-order valence-electron chi connectivity index (χ0n) is 18.8. The topological polar surface area (TPSA) is 66.0 Å². The van der Waals surface area contributed by atoms with Crippen LogP contribution in [-0.2, 0) is 24.4 Å². The number of rotatable bonds is 7. The van der Waals surface area contributed by atoms with Crippen molar-refractivity contribution in [3.8, 4) is 11.4 Å². The fourth-order valence-electron chi connectivity index (χ4n) is 4.19. The number of likely N-dealkylation sites (tertiary alicyclic amines) is 1. The number of hydrogen-bond acceptors (Lipinski definition) is 4. The summed E-state index contributed by atoms with van der Waals surface area (Å²) in [4.78, 5) is 15.2. The van der Waals surface area contributed by atoms with Crippen LogP contribution in [0.2, 0.25) is 0 Å². The lowest BCUT2D eigenvalue weighted by Crippen LogP contribution is -2.32. The molecule has 0 saturated carbocycles. The van der Waals surface area contributed by atoms with Gasteiger partial charge in [-0.3, -0.25) is 19.4 Å². The lowest BCUT2D eigenvalue weighted by atomic mass is 9.98. The zero-order chi connectivity index (χ0) is 22.5. The first-order valence-corrected chi connectivity index (χ1v) is 11.7. The molecule has 2 heterocycles. The van der Waals surface area contributed by atoms with Gasteiger partial charge in [0.1, 0.15) is 6.54 Å². The summed E-state index contributed by atoms with van der Waals surface area (Å²) in [5, 5.41) is 10.2. The number of H-pyrrole nitrogens is 1. The summed E-state index contributed by atoms with van der Waals surface area (Å²) in [5.74, 6) is 1.42. The van der Waals surface area contributed by atoms with Gasteiger partial charge in [-0.15, -0.1) is 0 Å². The van der Waals surface area contributed by atoms with Crippen molar-refractivity contribution >= 4 is 18.1 Å². The van der Waals surface area contributed by atoms with Gasteiger partial charge in [0.25, 0.3) is 0 Å². The Morgan fingerprint density at radius 1 is 1.16 bits per heavy atom. The Kier molecular flexibility index (Phi) is 7.17. The number of aryl methyl sites for hydroxylation is 1. The molecule has 2 N–H and O–H groups in total. The molecule has 32 heavy (non-hydrogen) atoms. The molecule has 0 bridgehead atoms. The summed E-state index contributed by atoms with van der Waals surface area (Å²) < 4.78 is 2.18. The highest BCUT2D eigenvalue weighted by atomic mass is 32.1. The van der Waals surface area contributed by atoms with Crippen molar-refractivity contribution in [3.63, 3.8) is 0 Å². The van der Waals surface area contributed by atoms with E-state index in [1.807, 2.05) is 31.2 Å². The number of aromatic nitrogens is 3. The lowest BCUT2D eigenvalue weighted by Gasteiger charge is -2.30. The average molecular weight is 450 g/mol. The van der Waals surface area contributed by atoms with Crippen LogP contribution in [0.25, 0.3) is 11.4 Å². The standard InChI is InChI=1S/C25H31N5OS/c1-18-9-11-29(12-10-18)16-21-7-4-6-20(14-21)15-26-23(31)17-30-24(27-28-25(30)32)22-8-3-5-19(2)13-22/h3-8,13-14,18H,9-12,15-17H2,1-2H3,(H,26,31)(H,28,32). The number of nitrogens with zero attached hydrogens (tertiary/aromatic N) is 3. The second kappa shape index (κ2) is 10.2. The third-order valence-corrected chi connectivity index (χ3v) is 6.41. The quantitative estimate of drug-likeness (QED) is 0.523. The van der Waals surface area contributed by atoms with E-state index in [9.17, 15) is 4.79 Å². The molecule has 1 aliphatic rings. The Bertz CT molecular complexity index is 1130. The van der Waals surface area contributed by atoms with Crippen LogP contribution in [0, 0.1) is 17.6 Å². The minimum atomic E-state index is -0.0909. The molecule has 1 aromatic heterocycles. The molecule has 7 heteroatoms. The number of carbonyl (C=O) groups excluding carboxylic acids is 1. The van der Waals surface area contributed by atoms with Crippen LogP contribution in [-0.4, -0.2) is 38.7 Å². The Labute approximate surface area is 194 Å². The monoisotopic (exact) mass is 449 g/mol. The number of nitrogens with one attached hydrogen (secondary N) is 2. The first-order valence-electron chi connectivity index (χ1n) is 11.3. The molecule has 0 atom stereocenters. The first-order chi connectivity index (χ1) is 15.5. The molecule has 0 radical (unpaired) electrons. The summed E-state index contributed by atoms with van der Waals surface area (Å²) in [6, 6.07) is 16.5. The first kappa shape index (κ1) is 22.4. The molecule has 168 valence electrons. The van der Waals surface area contributed by atoms with Gasteiger partial charge < -0.3 is 5.32 Å². The van der Waals surface area contributed by atoms with Gasteiger partial charge in [-0.2, -0.15) is 5.10 Å². The van der Waals surface area contributed by atoms with Gasteiger partial charge in [0, 0.05) is 18.7 Å². The summed E-state index contributed by atoms with van der Waals surface area (Å²) in [5.41, 5.74) is 4.47. The number of piperidine rings is 1. The highest BCUT2D eigenvalue weighted by Gasteiger charge is 2.16. The Morgan fingerprint density at radius 3 is 2.69 bits per heavy atom. The average Bonchev–Trinajstić information content (AvgIpc) is 3.14. The van der Waals surface area contributed by atoms with Crippen molar-refractivity contribution in [3.05, 3.63) is 70.0 Å². The van der Waals surface area contributed by atoms with Gasteiger partial charge in [-0.05, 0) is 68.2 Å². The molecule has 1 fully saturated rings. The minimum absolute atomic E-state index is 0.0909. The SMILES string of the molecule is Cc1cccc(-c2n[nH]c(=S)n2CC(=O)NCc2cccc(CN3CCC(C)CC3)c2)c1. The van der Waals surface area contributed by atoms with E-state index in [0.717, 1.165) is 42.2 Å². The maximum atomic E-state index is 12.7. The molecule has 0 unspecified atom stereocenters. The van der Waals surface area contributed by atoms with E-state index in [2.05, 4.69) is 51.6 Å². The van der Waals surface area contributed by atoms with Crippen LogP contribution in [0.5, 0.6) is 0 Å². The Balaban J connectivity index is 1.36. The maximum Gasteiger partial charge on any atom is 0.240 e. The summed E-state index contributed by atoms with van der Waals surface area (Å²) in [7, 11) is 0. The van der Waals surface area contributed by atoms with Crippen LogP contribution in [0.1, 0.15) is 36.5 Å². The number of hydrogen-bond donors (Lipinski definition) is 2. The molecule has 0 spiro atoms. The van der Waals surface area contributed by atoms with Crippen LogP contribution < -0.4 is 5.32 Å². The van der Waals surface area contributed by atoms with Gasteiger partial charge in [0.15, 0.2) is 10.6 Å². The van der Waals surface area contributed by atoms with Crippen molar-refractivity contribution in [2.45, 2.75) is 46.3 Å². The molecule has 3 aromatic rings. The molecule has 0 aliphatic carbocycles. The minimum Gasteiger partial charge on any atom is -0.350 e. The maximum absolute atomic E-state index is 12.7. The zero-order valence-corrected chi connectivity index (χ0v) is 19.6.